The molecular formula is C24H20N4O6. The molecule has 3 amide bonds. The summed E-state index contributed by atoms with van der Waals surface area (Å²) < 4.78 is 5.12. The molecule has 1 unspecified atom stereocenters. The van der Waals surface area contributed by atoms with Crippen LogP contribution in [0.4, 0.5) is 11.4 Å². The summed E-state index contributed by atoms with van der Waals surface area (Å²) in [6.45, 7) is -0.00446. The molecule has 10 nitrogen and oxygen atoms in total. The van der Waals surface area contributed by atoms with Crippen LogP contribution in [0.1, 0.15) is 22.3 Å². The van der Waals surface area contributed by atoms with Crippen LogP contribution in [-0.4, -0.2) is 45.7 Å². The van der Waals surface area contributed by atoms with E-state index in [-0.39, 0.29) is 24.2 Å². The number of benzene rings is 2. The number of hydrogen-bond acceptors (Lipinski definition) is 7. The summed E-state index contributed by atoms with van der Waals surface area (Å²) in [7, 11) is 1.51. The molecule has 1 fully saturated rings. The van der Waals surface area contributed by atoms with E-state index < -0.39 is 28.7 Å². The second kappa shape index (κ2) is 9.49. The molecule has 0 radical (unpaired) electrons. The fourth-order valence-electron chi connectivity index (χ4n) is 3.79. The maximum absolute atomic E-state index is 13.5. The molecule has 4 rings (SSSR count). The molecule has 0 aliphatic carbocycles. The minimum Gasteiger partial charge on any atom is -0.497 e. The summed E-state index contributed by atoms with van der Waals surface area (Å²) in [5.41, 5.74) is 0.800. The molecule has 1 aromatic heterocycles. The Kier molecular flexibility index (Phi) is 6.30. The van der Waals surface area contributed by atoms with Gasteiger partial charge in [-0.05, 0) is 42.0 Å². The number of imide groups is 1. The van der Waals surface area contributed by atoms with Gasteiger partial charge in [-0.3, -0.25) is 29.5 Å². The van der Waals surface area contributed by atoms with E-state index in [0.717, 1.165) is 11.0 Å². The zero-order chi connectivity index (χ0) is 24.2. The van der Waals surface area contributed by atoms with Crippen LogP contribution in [0, 0.1) is 10.1 Å². The fourth-order valence-corrected chi connectivity index (χ4v) is 3.79. The molecule has 0 N–H and O–H groups in total. The molecule has 1 aliphatic rings. The van der Waals surface area contributed by atoms with Crippen LogP contribution in [0.25, 0.3) is 0 Å². The third kappa shape index (κ3) is 4.46. The van der Waals surface area contributed by atoms with E-state index >= 15 is 0 Å². The highest BCUT2D eigenvalue weighted by Crippen LogP contribution is 2.29. The van der Waals surface area contributed by atoms with Gasteiger partial charge >= 0.3 is 0 Å². The smallest absolute Gasteiger partial charge is 0.270 e. The Balaban J connectivity index is 1.69. The summed E-state index contributed by atoms with van der Waals surface area (Å²) in [6, 6.07) is 14.1. The van der Waals surface area contributed by atoms with Crippen molar-refractivity contribution in [2.75, 3.05) is 12.0 Å². The number of carbonyl (C=O) groups is 3. The van der Waals surface area contributed by atoms with Gasteiger partial charge in [-0.2, -0.15) is 0 Å². The highest BCUT2D eigenvalue weighted by Gasteiger charge is 2.44. The predicted octanol–water partition coefficient (Wildman–Crippen LogP) is 2.97. The number of non-ortho nitro benzene ring substituents is 1. The molecule has 0 bridgehead atoms. The van der Waals surface area contributed by atoms with Crippen LogP contribution in [0.15, 0.2) is 73.1 Å². The molecule has 1 saturated heterocycles. The van der Waals surface area contributed by atoms with Crippen molar-refractivity contribution in [3.05, 3.63) is 94.3 Å². The lowest BCUT2D eigenvalue weighted by molar-refractivity contribution is -0.384. The lowest BCUT2D eigenvalue weighted by Crippen LogP contribution is -2.45. The lowest BCUT2D eigenvalue weighted by Gasteiger charge is -2.27. The molecule has 3 aromatic rings. The molecular weight excluding hydrogens is 440 g/mol. The van der Waals surface area contributed by atoms with E-state index in [1.165, 1.54) is 30.2 Å². The van der Waals surface area contributed by atoms with E-state index in [1.54, 1.807) is 48.8 Å². The summed E-state index contributed by atoms with van der Waals surface area (Å²) in [5, 5.41) is 11.2. The standard InChI is InChI=1S/C24H20N4O6/c1-34-20-9-7-18(8-10-20)27-22(29)13-21(24(27)31)26(15-16-4-3-11-25-14-16)23(30)17-5-2-6-19(12-17)28(32)33/h2-12,14,21H,13,15H2,1H3. The number of aromatic nitrogens is 1. The number of anilines is 1. The molecule has 0 spiro atoms. The number of methoxy groups -OCH3 is 1. The molecule has 2 heterocycles. The van der Waals surface area contributed by atoms with Crippen LogP contribution in [0.5, 0.6) is 5.75 Å². The van der Waals surface area contributed by atoms with Crippen LogP contribution >= 0.6 is 0 Å². The zero-order valence-corrected chi connectivity index (χ0v) is 18.2. The Morgan fingerprint density at radius 2 is 1.94 bits per heavy atom. The van der Waals surface area contributed by atoms with Gasteiger partial charge in [0, 0.05) is 36.6 Å². The Bertz CT molecular complexity index is 1250. The first-order valence-corrected chi connectivity index (χ1v) is 10.3. The second-order valence-electron chi connectivity index (χ2n) is 7.59. The van der Waals surface area contributed by atoms with Gasteiger partial charge in [-0.15, -0.1) is 0 Å². The van der Waals surface area contributed by atoms with Crippen molar-refractivity contribution in [2.24, 2.45) is 0 Å². The van der Waals surface area contributed by atoms with E-state index in [4.69, 9.17) is 4.74 Å². The molecule has 1 aliphatic heterocycles. The first-order valence-electron chi connectivity index (χ1n) is 10.3. The second-order valence-corrected chi connectivity index (χ2v) is 7.59. The molecule has 172 valence electrons. The maximum Gasteiger partial charge on any atom is 0.270 e. The van der Waals surface area contributed by atoms with Crippen LogP contribution in [-0.2, 0) is 16.1 Å². The van der Waals surface area contributed by atoms with Gasteiger partial charge in [0.2, 0.25) is 5.91 Å². The number of amides is 3. The number of nitrogens with zero attached hydrogens (tertiary/aromatic N) is 4. The van der Waals surface area contributed by atoms with Gasteiger partial charge in [0.25, 0.3) is 17.5 Å². The van der Waals surface area contributed by atoms with Crippen molar-refractivity contribution in [1.29, 1.82) is 0 Å². The van der Waals surface area contributed by atoms with E-state index in [2.05, 4.69) is 4.98 Å². The minimum absolute atomic E-state index is 0.00446. The average Bonchev–Trinajstić information content (AvgIpc) is 3.16. The van der Waals surface area contributed by atoms with Crippen molar-refractivity contribution in [3.8, 4) is 5.75 Å². The van der Waals surface area contributed by atoms with Gasteiger partial charge in [0.15, 0.2) is 0 Å². The largest absolute Gasteiger partial charge is 0.497 e. The summed E-state index contributed by atoms with van der Waals surface area (Å²) >= 11 is 0. The van der Waals surface area contributed by atoms with Crippen molar-refractivity contribution in [2.45, 2.75) is 19.0 Å². The SMILES string of the molecule is COc1ccc(N2C(=O)CC(N(Cc3cccnc3)C(=O)c3cccc([N+](=O)[O-])c3)C2=O)cc1. The summed E-state index contributed by atoms with van der Waals surface area (Å²) in [6.07, 6.45) is 2.91. The first kappa shape index (κ1) is 22.6. The van der Waals surface area contributed by atoms with E-state index in [9.17, 15) is 24.5 Å². The van der Waals surface area contributed by atoms with Crippen molar-refractivity contribution in [3.63, 3.8) is 0 Å². The fraction of sp³-hybridized carbons (Fsp3) is 0.167. The maximum atomic E-state index is 13.5. The third-order valence-corrected chi connectivity index (χ3v) is 5.47. The van der Waals surface area contributed by atoms with Gasteiger partial charge in [0.1, 0.15) is 11.8 Å². The summed E-state index contributed by atoms with van der Waals surface area (Å²) in [5.74, 6) is -1.05. The Morgan fingerprint density at radius 3 is 2.59 bits per heavy atom. The van der Waals surface area contributed by atoms with Crippen LogP contribution < -0.4 is 9.64 Å². The van der Waals surface area contributed by atoms with Gasteiger partial charge in [-0.1, -0.05) is 12.1 Å². The zero-order valence-electron chi connectivity index (χ0n) is 18.2. The quantitative estimate of drug-likeness (QED) is 0.302. The number of nitro groups is 1. The monoisotopic (exact) mass is 460 g/mol. The van der Waals surface area contributed by atoms with Crippen molar-refractivity contribution in [1.82, 2.24) is 9.88 Å². The van der Waals surface area contributed by atoms with Crippen LogP contribution in [0.3, 0.4) is 0 Å². The number of carbonyl (C=O) groups excluding carboxylic acids is 3. The van der Waals surface area contributed by atoms with Gasteiger partial charge in [-0.25, -0.2) is 4.90 Å². The summed E-state index contributed by atoms with van der Waals surface area (Å²) in [4.78, 5) is 56.6. The highest BCUT2D eigenvalue weighted by atomic mass is 16.6. The third-order valence-electron chi connectivity index (χ3n) is 5.47. The number of nitro benzene ring substituents is 1. The number of pyridine rings is 1. The average molecular weight is 460 g/mol. The van der Waals surface area contributed by atoms with Crippen molar-refractivity contribution < 1.29 is 24.0 Å². The van der Waals surface area contributed by atoms with Gasteiger partial charge in [0.05, 0.1) is 24.1 Å². The normalized spacial score (nSPS) is 15.3. The number of ether oxygens (including phenoxy) is 1. The Labute approximate surface area is 194 Å². The Hall–Kier alpha value is -4.60. The molecule has 34 heavy (non-hydrogen) atoms. The Morgan fingerprint density at radius 1 is 1.18 bits per heavy atom. The highest BCUT2D eigenvalue weighted by molar-refractivity contribution is 6.23. The van der Waals surface area contributed by atoms with Gasteiger partial charge < -0.3 is 9.64 Å². The topological polar surface area (TPSA) is 123 Å². The molecule has 1 atom stereocenters. The molecule has 0 saturated carbocycles. The van der Waals surface area contributed by atoms with E-state index in [1.807, 2.05) is 0 Å². The molecule has 10 heteroatoms. The van der Waals surface area contributed by atoms with E-state index in [0.29, 0.717) is 17.0 Å². The van der Waals surface area contributed by atoms with Crippen LogP contribution in [0.2, 0.25) is 0 Å². The number of rotatable bonds is 7. The minimum atomic E-state index is -1.08. The predicted molar refractivity (Wildman–Crippen MR) is 121 cm³/mol. The molecule has 2 aromatic carbocycles. The number of hydrogen-bond donors (Lipinski definition) is 0. The lowest BCUT2D eigenvalue weighted by atomic mass is 10.1. The first-order chi connectivity index (χ1) is 16.4. The van der Waals surface area contributed by atoms with Crippen molar-refractivity contribution >= 4 is 29.1 Å².